The molecule has 1 aromatic rings. The number of hydrogen-bond donors (Lipinski definition) is 1. The van der Waals surface area contributed by atoms with Crippen LogP contribution in [-0.2, 0) is 11.3 Å². The number of rotatable bonds is 7. The van der Waals surface area contributed by atoms with Gasteiger partial charge in [0.15, 0.2) is 0 Å². The molecule has 0 spiro atoms. The lowest BCUT2D eigenvalue weighted by atomic mass is 10.1. The van der Waals surface area contributed by atoms with E-state index in [2.05, 4.69) is 38.0 Å². The number of hydrogen-bond acceptors (Lipinski definition) is 4. The lowest BCUT2D eigenvalue weighted by molar-refractivity contribution is 0.134. The summed E-state index contributed by atoms with van der Waals surface area (Å²) in [5, 5.41) is 3.46. The summed E-state index contributed by atoms with van der Waals surface area (Å²) in [7, 11) is 1.71. The molecule has 114 valence electrons. The Bertz CT molecular complexity index is 413. The van der Waals surface area contributed by atoms with Gasteiger partial charge in [-0.05, 0) is 46.8 Å². The van der Waals surface area contributed by atoms with E-state index in [-0.39, 0.29) is 11.6 Å². The first-order valence-corrected chi connectivity index (χ1v) is 7.19. The number of methoxy groups -OCH3 is 1. The predicted molar refractivity (Wildman–Crippen MR) is 82.1 cm³/mol. The van der Waals surface area contributed by atoms with Gasteiger partial charge in [0.05, 0.1) is 11.8 Å². The Kier molecular flexibility index (Phi) is 6.43. The first kappa shape index (κ1) is 16.9. The van der Waals surface area contributed by atoms with E-state index in [0.717, 1.165) is 23.6 Å². The van der Waals surface area contributed by atoms with Crippen molar-refractivity contribution in [3.8, 4) is 5.75 Å². The van der Waals surface area contributed by atoms with E-state index < -0.39 is 0 Å². The van der Waals surface area contributed by atoms with Crippen molar-refractivity contribution in [1.82, 2.24) is 10.3 Å². The number of aromatic nitrogens is 1. The number of nitrogens with zero attached hydrogens (tertiary/aromatic N) is 1. The van der Waals surface area contributed by atoms with Crippen LogP contribution in [0.5, 0.6) is 5.75 Å². The Hall–Kier alpha value is -1.13. The van der Waals surface area contributed by atoms with E-state index in [1.165, 1.54) is 0 Å². The van der Waals surface area contributed by atoms with Crippen LogP contribution in [0, 0.1) is 6.92 Å². The molecule has 0 bridgehead atoms. The van der Waals surface area contributed by atoms with E-state index in [1.54, 1.807) is 7.11 Å². The van der Waals surface area contributed by atoms with E-state index in [1.807, 2.05) is 19.1 Å². The molecule has 1 N–H and O–H groups in total. The summed E-state index contributed by atoms with van der Waals surface area (Å²) >= 11 is 0. The van der Waals surface area contributed by atoms with E-state index in [0.29, 0.717) is 13.2 Å². The van der Waals surface area contributed by atoms with E-state index in [9.17, 15) is 0 Å². The summed E-state index contributed by atoms with van der Waals surface area (Å²) in [4.78, 5) is 4.59. The summed E-state index contributed by atoms with van der Waals surface area (Å²) in [5.41, 5.74) is 2.03. The Morgan fingerprint density at radius 3 is 2.60 bits per heavy atom. The minimum Gasteiger partial charge on any atom is -0.489 e. The maximum atomic E-state index is 5.99. The molecule has 0 aliphatic rings. The molecule has 4 nitrogen and oxygen atoms in total. The molecule has 4 heteroatoms. The largest absolute Gasteiger partial charge is 0.489 e. The Morgan fingerprint density at radius 2 is 2.00 bits per heavy atom. The average molecular weight is 280 g/mol. The molecule has 20 heavy (non-hydrogen) atoms. The molecule has 0 radical (unpaired) electrons. The highest BCUT2D eigenvalue weighted by Gasteiger charge is 2.14. The highest BCUT2D eigenvalue weighted by molar-refractivity contribution is 5.29. The fraction of sp³-hybridized carbons (Fsp3) is 0.688. The normalized spacial score (nSPS) is 13.3. The smallest absolute Gasteiger partial charge is 0.142 e. The number of aryl methyl sites for hydroxylation is 1. The number of ether oxygens (including phenoxy) is 2. The molecule has 0 aromatic carbocycles. The minimum absolute atomic E-state index is 0.0599. The summed E-state index contributed by atoms with van der Waals surface area (Å²) in [6.07, 6.45) is 0.990. The van der Waals surface area contributed by atoms with Gasteiger partial charge in [0.25, 0.3) is 0 Å². The molecule has 0 fully saturated rings. The monoisotopic (exact) mass is 280 g/mol. The first-order chi connectivity index (χ1) is 9.31. The Balaban J connectivity index is 2.74. The van der Waals surface area contributed by atoms with Gasteiger partial charge in [0.1, 0.15) is 5.75 Å². The van der Waals surface area contributed by atoms with Crippen molar-refractivity contribution in [3.63, 3.8) is 0 Å². The van der Waals surface area contributed by atoms with Crippen LogP contribution < -0.4 is 10.1 Å². The second-order valence-electron chi connectivity index (χ2n) is 6.21. The van der Waals surface area contributed by atoms with Crippen LogP contribution in [0.25, 0.3) is 0 Å². The molecule has 1 heterocycles. The molecule has 0 amide bonds. The van der Waals surface area contributed by atoms with Crippen molar-refractivity contribution in [3.05, 3.63) is 23.5 Å². The van der Waals surface area contributed by atoms with Crippen molar-refractivity contribution in [2.24, 2.45) is 0 Å². The quantitative estimate of drug-likeness (QED) is 0.833. The molecule has 1 unspecified atom stereocenters. The van der Waals surface area contributed by atoms with Gasteiger partial charge in [0.2, 0.25) is 0 Å². The van der Waals surface area contributed by atoms with Gasteiger partial charge in [-0.3, -0.25) is 4.98 Å². The maximum Gasteiger partial charge on any atom is 0.142 e. The standard InChI is InChI=1S/C16H28N2O2/c1-12-7-8-15(20-13(2)9-10-19-6)14(18-12)11-17-16(3,4)5/h7-8,13,17H,9-11H2,1-6H3. The van der Waals surface area contributed by atoms with Crippen molar-refractivity contribution in [1.29, 1.82) is 0 Å². The molecule has 0 saturated heterocycles. The summed E-state index contributed by atoms with van der Waals surface area (Å²) in [5.74, 6) is 0.857. The third-order valence-electron chi connectivity index (χ3n) is 2.91. The van der Waals surface area contributed by atoms with Gasteiger partial charge in [-0.15, -0.1) is 0 Å². The second kappa shape index (κ2) is 7.60. The van der Waals surface area contributed by atoms with Crippen molar-refractivity contribution >= 4 is 0 Å². The lowest BCUT2D eigenvalue weighted by Gasteiger charge is -2.22. The molecule has 0 aliphatic carbocycles. The van der Waals surface area contributed by atoms with Crippen LogP contribution in [0.2, 0.25) is 0 Å². The first-order valence-electron chi connectivity index (χ1n) is 7.19. The van der Waals surface area contributed by atoms with Crippen LogP contribution in [0.4, 0.5) is 0 Å². The van der Waals surface area contributed by atoms with Crippen LogP contribution in [0.15, 0.2) is 12.1 Å². The molecular weight excluding hydrogens is 252 g/mol. The van der Waals surface area contributed by atoms with E-state index in [4.69, 9.17) is 9.47 Å². The highest BCUT2D eigenvalue weighted by Crippen LogP contribution is 2.20. The molecule has 0 aliphatic heterocycles. The van der Waals surface area contributed by atoms with Crippen molar-refractivity contribution in [2.75, 3.05) is 13.7 Å². The topological polar surface area (TPSA) is 43.4 Å². The number of pyridine rings is 1. The summed E-state index contributed by atoms with van der Waals surface area (Å²) in [6.45, 7) is 11.9. The fourth-order valence-corrected chi connectivity index (χ4v) is 1.74. The van der Waals surface area contributed by atoms with Crippen molar-refractivity contribution in [2.45, 2.75) is 59.2 Å². The zero-order chi connectivity index (χ0) is 15.2. The second-order valence-corrected chi connectivity index (χ2v) is 6.21. The average Bonchev–Trinajstić information content (AvgIpc) is 2.35. The number of nitrogens with one attached hydrogen (secondary N) is 1. The van der Waals surface area contributed by atoms with Gasteiger partial charge in [-0.2, -0.15) is 0 Å². The van der Waals surface area contributed by atoms with Crippen LogP contribution in [-0.4, -0.2) is 30.3 Å². The predicted octanol–water partition coefficient (Wildman–Crippen LogP) is 3.08. The van der Waals surface area contributed by atoms with Gasteiger partial charge in [-0.1, -0.05) is 0 Å². The van der Waals surface area contributed by atoms with Gasteiger partial charge in [0, 0.05) is 37.9 Å². The third-order valence-corrected chi connectivity index (χ3v) is 2.91. The van der Waals surface area contributed by atoms with E-state index >= 15 is 0 Å². The Labute approximate surface area is 122 Å². The molecular formula is C16H28N2O2. The lowest BCUT2D eigenvalue weighted by Crippen LogP contribution is -2.35. The van der Waals surface area contributed by atoms with Gasteiger partial charge < -0.3 is 14.8 Å². The highest BCUT2D eigenvalue weighted by atomic mass is 16.5. The molecule has 1 aromatic heterocycles. The van der Waals surface area contributed by atoms with Gasteiger partial charge in [-0.25, -0.2) is 0 Å². The molecule has 1 atom stereocenters. The zero-order valence-corrected chi connectivity index (χ0v) is 13.6. The summed E-state index contributed by atoms with van der Waals surface area (Å²) in [6, 6.07) is 3.99. The molecule has 0 saturated carbocycles. The van der Waals surface area contributed by atoms with Crippen LogP contribution in [0.1, 0.15) is 45.5 Å². The SMILES string of the molecule is COCCC(C)Oc1ccc(C)nc1CNC(C)(C)C. The van der Waals surface area contributed by atoms with Crippen LogP contribution >= 0.6 is 0 Å². The third kappa shape index (κ3) is 6.35. The van der Waals surface area contributed by atoms with Crippen molar-refractivity contribution < 1.29 is 9.47 Å². The molecule has 1 rings (SSSR count). The minimum atomic E-state index is 0.0599. The summed E-state index contributed by atoms with van der Waals surface area (Å²) < 4.78 is 11.1. The fourth-order valence-electron chi connectivity index (χ4n) is 1.74. The Morgan fingerprint density at radius 1 is 1.30 bits per heavy atom. The zero-order valence-electron chi connectivity index (χ0n) is 13.6. The van der Waals surface area contributed by atoms with Gasteiger partial charge >= 0.3 is 0 Å². The van der Waals surface area contributed by atoms with Crippen LogP contribution in [0.3, 0.4) is 0 Å². The maximum absolute atomic E-state index is 5.99.